The normalized spacial score (nSPS) is 12.0. The maximum Gasteiger partial charge on any atom is 0.312 e. The van der Waals surface area contributed by atoms with E-state index in [0.29, 0.717) is 16.3 Å². The summed E-state index contributed by atoms with van der Waals surface area (Å²) in [5.41, 5.74) is 1.02. The molecule has 0 bridgehead atoms. The largest absolute Gasteiger partial charge is 0.452 e. The smallest absolute Gasteiger partial charge is 0.312 e. The van der Waals surface area contributed by atoms with E-state index in [1.54, 1.807) is 18.2 Å². The van der Waals surface area contributed by atoms with Crippen molar-refractivity contribution < 1.29 is 18.8 Å². The molecule has 9 heteroatoms. The topological polar surface area (TPSA) is 94.3 Å². The van der Waals surface area contributed by atoms with Gasteiger partial charge in [0.05, 0.1) is 16.5 Å². The molecule has 7 nitrogen and oxygen atoms in total. The first-order valence-corrected chi connectivity index (χ1v) is 8.34. The number of para-hydroxylation sites is 1. The van der Waals surface area contributed by atoms with Crippen molar-refractivity contribution in [3.8, 4) is 0 Å². The van der Waals surface area contributed by atoms with E-state index in [1.807, 2.05) is 6.07 Å². The minimum absolute atomic E-state index is 0.116. The zero-order valence-corrected chi connectivity index (χ0v) is 15.0. The van der Waals surface area contributed by atoms with Crippen molar-refractivity contribution in [3.05, 3.63) is 52.3 Å². The van der Waals surface area contributed by atoms with Crippen LogP contribution in [0, 0.1) is 0 Å². The van der Waals surface area contributed by atoms with E-state index < -0.39 is 18.0 Å². The van der Waals surface area contributed by atoms with Gasteiger partial charge in [-0.1, -0.05) is 40.5 Å². The van der Waals surface area contributed by atoms with E-state index in [-0.39, 0.29) is 17.3 Å². The first-order valence-electron chi connectivity index (χ1n) is 7.58. The molecule has 0 fully saturated rings. The number of nitrogens with one attached hydrogen (secondary N) is 1. The number of carbonyl (C=O) groups excluding carboxylic acids is 2. The number of nitrogens with zero attached hydrogens (tertiary/aromatic N) is 2. The predicted octanol–water partition coefficient (Wildman–Crippen LogP) is 3.64. The molecule has 1 atom stereocenters. The maximum atomic E-state index is 12.1. The summed E-state index contributed by atoms with van der Waals surface area (Å²) in [4.78, 5) is 28.2. The van der Waals surface area contributed by atoms with Gasteiger partial charge in [-0.05, 0) is 25.1 Å². The Hall–Kier alpha value is -2.64. The molecule has 1 amide bonds. The number of ether oxygens (including phenoxy) is 1. The van der Waals surface area contributed by atoms with E-state index in [4.69, 9.17) is 32.5 Å². The van der Waals surface area contributed by atoms with Crippen molar-refractivity contribution in [3.63, 3.8) is 0 Å². The van der Waals surface area contributed by atoms with Crippen LogP contribution in [0.3, 0.4) is 0 Å². The summed E-state index contributed by atoms with van der Waals surface area (Å²) in [5.74, 6) is -1.05. The number of halogens is 2. The third kappa shape index (κ3) is 4.12. The fourth-order valence-electron chi connectivity index (χ4n) is 2.22. The van der Waals surface area contributed by atoms with Gasteiger partial charge in [0.15, 0.2) is 17.5 Å². The van der Waals surface area contributed by atoms with Gasteiger partial charge in [-0.2, -0.15) is 0 Å². The number of fused-ring (bicyclic) bond motifs is 1. The molecular formula is C17H13Cl2N3O4. The third-order valence-corrected chi connectivity index (χ3v) is 3.99. The average Bonchev–Trinajstić information content (AvgIpc) is 3.00. The van der Waals surface area contributed by atoms with Crippen LogP contribution in [0.4, 0.5) is 5.82 Å². The molecule has 0 unspecified atom stereocenters. The molecule has 0 spiro atoms. The Morgan fingerprint density at radius 3 is 2.85 bits per heavy atom. The van der Waals surface area contributed by atoms with Crippen LogP contribution in [0.1, 0.15) is 12.6 Å². The summed E-state index contributed by atoms with van der Waals surface area (Å²) >= 11 is 11.7. The lowest BCUT2D eigenvalue weighted by molar-refractivity contribution is -0.152. The Balaban J connectivity index is 1.60. The number of esters is 1. The van der Waals surface area contributed by atoms with Crippen molar-refractivity contribution in [2.45, 2.75) is 19.4 Å². The van der Waals surface area contributed by atoms with Crippen LogP contribution in [0.2, 0.25) is 10.0 Å². The number of rotatable bonds is 5. The van der Waals surface area contributed by atoms with Gasteiger partial charge in [-0.25, -0.2) is 4.98 Å². The van der Waals surface area contributed by atoms with E-state index in [2.05, 4.69) is 15.5 Å². The number of hydrogen-bond donors (Lipinski definition) is 1. The molecule has 3 rings (SSSR count). The van der Waals surface area contributed by atoms with Gasteiger partial charge in [-0.3, -0.25) is 9.59 Å². The molecule has 0 aliphatic carbocycles. The fourth-order valence-corrected chi connectivity index (χ4v) is 2.65. The molecule has 2 aromatic heterocycles. The SMILES string of the molecule is C[C@@H](OC(=O)Cc1noc2ccccc12)C(=O)Nc1ncc(Cl)cc1Cl. The summed E-state index contributed by atoms with van der Waals surface area (Å²) < 4.78 is 10.3. The lowest BCUT2D eigenvalue weighted by Gasteiger charge is -2.13. The Kier molecular flexibility index (Phi) is 5.39. The van der Waals surface area contributed by atoms with Gasteiger partial charge in [-0.15, -0.1) is 0 Å². The van der Waals surface area contributed by atoms with Gasteiger partial charge in [0.2, 0.25) is 0 Å². The summed E-state index contributed by atoms with van der Waals surface area (Å²) in [6.45, 7) is 1.44. The Bertz CT molecular complexity index is 974. The molecule has 0 saturated carbocycles. The fraction of sp³-hybridized carbons (Fsp3) is 0.176. The van der Waals surface area contributed by atoms with Crippen LogP contribution < -0.4 is 5.32 Å². The van der Waals surface area contributed by atoms with Crippen molar-refractivity contribution >= 4 is 51.9 Å². The average molecular weight is 394 g/mol. The van der Waals surface area contributed by atoms with Gasteiger partial charge >= 0.3 is 5.97 Å². The summed E-state index contributed by atoms with van der Waals surface area (Å²) in [6, 6.07) is 8.60. The second-order valence-corrected chi connectivity index (χ2v) is 6.25. The number of anilines is 1. The highest BCUT2D eigenvalue weighted by atomic mass is 35.5. The van der Waals surface area contributed by atoms with Gasteiger partial charge in [0.25, 0.3) is 5.91 Å². The molecule has 0 radical (unpaired) electrons. The van der Waals surface area contributed by atoms with E-state index >= 15 is 0 Å². The second kappa shape index (κ2) is 7.72. The molecule has 0 saturated heterocycles. The second-order valence-electron chi connectivity index (χ2n) is 5.41. The highest BCUT2D eigenvalue weighted by Gasteiger charge is 2.21. The number of pyridine rings is 1. The molecule has 0 aliphatic heterocycles. The summed E-state index contributed by atoms with van der Waals surface area (Å²) in [7, 11) is 0. The van der Waals surface area contributed by atoms with Crippen molar-refractivity contribution in [1.29, 1.82) is 0 Å². The van der Waals surface area contributed by atoms with Gasteiger partial charge < -0.3 is 14.6 Å². The van der Waals surface area contributed by atoms with Crippen LogP contribution in [0.25, 0.3) is 11.0 Å². The number of amides is 1. The number of carbonyl (C=O) groups is 2. The van der Waals surface area contributed by atoms with Crippen molar-refractivity contribution in [1.82, 2.24) is 10.1 Å². The quantitative estimate of drug-likeness (QED) is 0.664. The zero-order chi connectivity index (χ0) is 18.7. The lowest BCUT2D eigenvalue weighted by atomic mass is 10.2. The lowest BCUT2D eigenvalue weighted by Crippen LogP contribution is -2.31. The van der Waals surface area contributed by atoms with Gasteiger partial charge in [0, 0.05) is 11.6 Å². The van der Waals surface area contributed by atoms with Crippen molar-refractivity contribution in [2.75, 3.05) is 5.32 Å². The maximum absolute atomic E-state index is 12.1. The zero-order valence-electron chi connectivity index (χ0n) is 13.5. The number of hydrogen-bond acceptors (Lipinski definition) is 6. The molecule has 134 valence electrons. The Morgan fingerprint density at radius 1 is 1.31 bits per heavy atom. The first-order chi connectivity index (χ1) is 12.4. The highest BCUT2D eigenvalue weighted by Crippen LogP contribution is 2.23. The number of aromatic nitrogens is 2. The molecule has 0 aliphatic rings. The molecule has 1 N–H and O–H groups in total. The van der Waals surface area contributed by atoms with E-state index in [0.717, 1.165) is 5.39 Å². The highest BCUT2D eigenvalue weighted by molar-refractivity contribution is 6.36. The van der Waals surface area contributed by atoms with Crippen molar-refractivity contribution in [2.24, 2.45) is 0 Å². The van der Waals surface area contributed by atoms with E-state index in [1.165, 1.54) is 19.2 Å². The molecular weight excluding hydrogens is 381 g/mol. The third-order valence-electron chi connectivity index (χ3n) is 3.49. The Morgan fingerprint density at radius 2 is 2.08 bits per heavy atom. The predicted molar refractivity (Wildman–Crippen MR) is 96.2 cm³/mol. The first kappa shape index (κ1) is 18.2. The number of benzene rings is 1. The van der Waals surface area contributed by atoms with Crippen LogP contribution in [-0.4, -0.2) is 28.1 Å². The summed E-state index contributed by atoms with van der Waals surface area (Å²) in [5, 5.41) is 7.58. The van der Waals surface area contributed by atoms with Gasteiger partial charge in [0.1, 0.15) is 5.69 Å². The van der Waals surface area contributed by atoms with Crippen LogP contribution in [0.15, 0.2) is 41.1 Å². The van der Waals surface area contributed by atoms with Crippen LogP contribution in [-0.2, 0) is 20.7 Å². The molecule has 3 aromatic rings. The molecule has 26 heavy (non-hydrogen) atoms. The van der Waals surface area contributed by atoms with Crippen LogP contribution >= 0.6 is 23.2 Å². The molecule has 2 heterocycles. The summed E-state index contributed by atoms with van der Waals surface area (Å²) in [6.07, 6.45) is 0.179. The minimum Gasteiger partial charge on any atom is -0.452 e. The Labute approximate surface area is 158 Å². The standard InChI is InChI=1S/C17H13Cl2N3O4/c1-9(17(24)21-16-12(19)6-10(18)8-20-16)25-15(23)7-13-11-4-2-3-5-14(11)26-22-13/h2-6,8-9H,7H2,1H3,(H,20,21,24)/t9-/m1/s1. The molecule has 1 aromatic carbocycles. The van der Waals surface area contributed by atoms with E-state index in [9.17, 15) is 9.59 Å². The van der Waals surface area contributed by atoms with Crippen LogP contribution in [0.5, 0.6) is 0 Å². The minimum atomic E-state index is -1.05. The monoisotopic (exact) mass is 393 g/mol.